The fourth-order valence-electron chi connectivity index (χ4n) is 3.43. The lowest BCUT2D eigenvalue weighted by atomic mass is 9.97. The molecule has 0 aliphatic carbocycles. The largest absolute Gasteiger partial charge is 0.374 e. The lowest BCUT2D eigenvalue weighted by Gasteiger charge is -2.46. The normalized spacial score (nSPS) is 24.8. The zero-order valence-corrected chi connectivity index (χ0v) is 13.1. The number of benzene rings is 1. The van der Waals surface area contributed by atoms with Gasteiger partial charge in [0.1, 0.15) is 0 Å². The predicted octanol–water partition coefficient (Wildman–Crippen LogP) is 1.46. The standard InChI is InChI=1S/C17H22N2O3/c1-12-5-3-4-6-14(12)17(21)18-8-7-16-15(11-18)19(13(2)20)9-10-22-16/h3-6,15-16H,7-11H2,1-2H3/t15-,16-/m0/s1. The number of aryl methyl sites for hydroxylation is 1. The molecule has 2 heterocycles. The van der Waals surface area contributed by atoms with Crippen LogP contribution in [0.5, 0.6) is 0 Å². The van der Waals surface area contributed by atoms with Gasteiger partial charge in [-0.25, -0.2) is 0 Å². The molecule has 0 unspecified atom stereocenters. The van der Waals surface area contributed by atoms with E-state index in [1.165, 1.54) is 0 Å². The van der Waals surface area contributed by atoms with Gasteiger partial charge in [-0.05, 0) is 25.0 Å². The number of hydrogen-bond donors (Lipinski definition) is 0. The average molecular weight is 302 g/mol. The van der Waals surface area contributed by atoms with Crippen molar-refractivity contribution in [1.29, 1.82) is 0 Å². The van der Waals surface area contributed by atoms with Crippen molar-refractivity contribution in [1.82, 2.24) is 9.80 Å². The van der Waals surface area contributed by atoms with E-state index in [-0.39, 0.29) is 24.0 Å². The Morgan fingerprint density at radius 2 is 2.00 bits per heavy atom. The van der Waals surface area contributed by atoms with Crippen LogP contribution in [-0.2, 0) is 9.53 Å². The first-order chi connectivity index (χ1) is 10.6. The van der Waals surface area contributed by atoms with E-state index < -0.39 is 0 Å². The molecule has 5 nitrogen and oxygen atoms in total. The molecule has 0 aromatic heterocycles. The van der Waals surface area contributed by atoms with E-state index in [1.807, 2.05) is 41.0 Å². The molecule has 2 atom stereocenters. The SMILES string of the molecule is CC(=O)N1CCO[C@H]2CCN(C(=O)c3ccccc3C)C[C@@H]21. The van der Waals surface area contributed by atoms with E-state index >= 15 is 0 Å². The molecule has 2 amide bonds. The molecule has 2 aliphatic rings. The van der Waals surface area contributed by atoms with Crippen molar-refractivity contribution in [3.8, 4) is 0 Å². The summed E-state index contributed by atoms with van der Waals surface area (Å²) in [6.45, 7) is 5.98. The summed E-state index contributed by atoms with van der Waals surface area (Å²) in [4.78, 5) is 28.3. The molecule has 1 aromatic rings. The van der Waals surface area contributed by atoms with Crippen molar-refractivity contribution in [3.05, 3.63) is 35.4 Å². The summed E-state index contributed by atoms with van der Waals surface area (Å²) in [7, 11) is 0. The molecule has 2 fully saturated rings. The summed E-state index contributed by atoms with van der Waals surface area (Å²) in [6, 6.07) is 7.62. The third kappa shape index (κ3) is 2.73. The second-order valence-corrected chi connectivity index (χ2v) is 6.04. The van der Waals surface area contributed by atoms with Crippen molar-refractivity contribution in [2.45, 2.75) is 32.4 Å². The molecule has 3 rings (SSSR count). The van der Waals surface area contributed by atoms with Crippen LogP contribution in [0.1, 0.15) is 29.3 Å². The third-order valence-electron chi connectivity index (χ3n) is 4.65. The van der Waals surface area contributed by atoms with Gasteiger partial charge in [-0.2, -0.15) is 0 Å². The number of hydrogen-bond acceptors (Lipinski definition) is 3. The number of piperidine rings is 1. The second kappa shape index (κ2) is 6.08. The van der Waals surface area contributed by atoms with Crippen molar-refractivity contribution in [2.24, 2.45) is 0 Å². The molecule has 2 aliphatic heterocycles. The molecule has 5 heteroatoms. The highest BCUT2D eigenvalue weighted by Crippen LogP contribution is 2.24. The van der Waals surface area contributed by atoms with E-state index in [9.17, 15) is 9.59 Å². The van der Waals surface area contributed by atoms with Crippen LogP contribution >= 0.6 is 0 Å². The average Bonchev–Trinajstić information content (AvgIpc) is 2.53. The molecule has 2 saturated heterocycles. The highest BCUT2D eigenvalue weighted by molar-refractivity contribution is 5.95. The number of rotatable bonds is 1. The Balaban J connectivity index is 1.78. The number of morpholine rings is 1. The number of carbonyl (C=O) groups excluding carboxylic acids is 2. The molecule has 0 saturated carbocycles. The van der Waals surface area contributed by atoms with Crippen LogP contribution in [0.15, 0.2) is 24.3 Å². The van der Waals surface area contributed by atoms with Crippen molar-refractivity contribution in [2.75, 3.05) is 26.2 Å². The Morgan fingerprint density at radius 3 is 2.73 bits per heavy atom. The minimum atomic E-state index is -0.0204. The number of ether oxygens (including phenoxy) is 1. The monoisotopic (exact) mass is 302 g/mol. The first-order valence-corrected chi connectivity index (χ1v) is 7.81. The number of carbonyl (C=O) groups is 2. The number of likely N-dealkylation sites (tertiary alicyclic amines) is 1. The maximum atomic E-state index is 12.8. The van der Waals surface area contributed by atoms with E-state index in [4.69, 9.17) is 4.74 Å². The number of amides is 2. The van der Waals surface area contributed by atoms with Gasteiger partial charge in [0.05, 0.1) is 18.8 Å². The minimum Gasteiger partial charge on any atom is -0.374 e. The van der Waals surface area contributed by atoms with Crippen LogP contribution in [0, 0.1) is 6.92 Å². The quantitative estimate of drug-likeness (QED) is 0.789. The summed E-state index contributed by atoms with van der Waals surface area (Å²) >= 11 is 0. The van der Waals surface area contributed by atoms with E-state index in [0.717, 1.165) is 17.5 Å². The van der Waals surface area contributed by atoms with Crippen molar-refractivity contribution < 1.29 is 14.3 Å². The summed E-state index contributed by atoms with van der Waals surface area (Å²) in [5.74, 6) is 0.106. The zero-order valence-electron chi connectivity index (χ0n) is 13.1. The fraction of sp³-hybridized carbons (Fsp3) is 0.529. The first kappa shape index (κ1) is 15.0. The number of nitrogens with zero attached hydrogens (tertiary/aromatic N) is 2. The molecule has 1 aromatic carbocycles. The van der Waals surface area contributed by atoms with Gasteiger partial charge in [0.15, 0.2) is 0 Å². The van der Waals surface area contributed by atoms with Crippen molar-refractivity contribution in [3.63, 3.8) is 0 Å². The highest BCUT2D eigenvalue weighted by Gasteiger charge is 2.39. The summed E-state index contributed by atoms with van der Waals surface area (Å²) < 4.78 is 5.79. The van der Waals surface area contributed by atoms with Gasteiger partial charge < -0.3 is 14.5 Å². The van der Waals surface area contributed by atoms with Crippen LogP contribution in [-0.4, -0.2) is 60.0 Å². The minimum absolute atomic E-state index is 0.0204. The molecule has 22 heavy (non-hydrogen) atoms. The first-order valence-electron chi connectivity index (χ1n) is 7.81. The van der Waals surface area contributed by atoms with Gasteiger partial charge in [-0.3, -0.25) is 9.59 Å². The Kier molecular flexibility index (Phi) is 4.16. The van der Waals surface area contributed by atoms with Crippen molar-refractivity contribution >= 4 is 11.8 Å². The second-order valence-electron chi connectivity index (χ2n) is 6.04. The Morgan fingerprint density at radius 1 is 1.23 bits per heavy atom. The molecule has 0 radical (unpaired) electrons. The van der Waals surface area contributed by atoms with Gasteiger partial charge in [0.2, 0.25) is 5.91 Å². The molecular formula is C17H22N2O3. The van der Waals surface area contributed by atoms with Crippen LogP contribution in [0.3, 0.4) is 0 Å². The maximum absolute atomic E-state index is 12.8. The Bertz CT molecular complexity index is 587. The van der Waals surface area contributed by atoms with Gasteiger partial charge in [-0.15, -0.1) is 0 Å². The van der Waals surface area contributed by atoms with Crippen LogP contribution < -0.4 is 0 Å². The van der Waals surface area contributed by atoms with Crippen LogP contribution in [0.2, 0.25) is 0 Å². The highest BCUT2D eigenvalue weighted by atomic mass is 16.5. The number of fused-ring (bicyclic) bond motifs is 1. The molecule has 0 spiro atoms. The molecule has 0 N–H and O–H groups in total. The Labute approximate surface area is 130 Å². The van der Waals surface area contributed by atoms with E-state index in [0.29, 0.717) is 26.2 Å². The Hall–Kier alpha value is -1.88. The smallest absolute Gasteiger partial charge is 0.254 e. The lowest BCUT2D eigenvalue weighted by molar-refractivity contribution is -0.149. The van der Waals surface area contributed by atoms with Crippen LogP contribution in [0.4, 0.5) is 0 Å². The van der Waals surface area contributed by atoms with Crippen LogP contribution in [0.25, 0.3) is 0 Å². The predicted molar refractivity (Wildman–Crippen MR) is 82.6 cm³/mol. The molecular weight excluding hydrogens is 280 g/mol. The van der Waals surface area contributed by atoms with Gasteiger partial charge in [0.25, 0.3) is 5.91 Å². The maximum Gasteiger partial charge on any atom is 0.254 e. The van der Waals surface area contributed by atoms with E-state index in [2.05, 4.69) is 0 Å². The fourth-order valence-corrected chi connectivity index (χ4v) is 3.43. The summed E-state index contributed by atoms with van der Waals surface area (Å²) in [6.07, 6.45) is 0.838. The molecule has 0 bridgehead atoms. The van der Waals surface area contributed by atoms with Gasteiger partial charge in [0, 0.05) is 32.1 Å². The molecule has 118 valence electrons. The summed E-state index contributed by atoms with van der Waals surface area (Å²) in [5, 5.41) is 0. The topological polar surface area (TPSA) is 49.9 Å². The van der Waals surface area contributed by atoms with Gasteiger partial charge >= 0.3 is 0 Å². The summed E-state index contributed by atoms with van der Waals surface area (Å²) in [5.41, 5.74) is 1.73. The van der Waals surface area contributed by atoms with Gasteiger partial charge in [-0.1, -0.05) is 18.2 Å². The van der Waals surface area contributed by atoms with E-state index in [1.54, 1.807) is 6.92 Å². The lowest BCUT2D eigenvalue weighted by Crippen LogP contribution is -2.61. The zero-order chi connectivity index (χ0) is 15.7. The third-order valence-corrected chi connectivity index (χ3v) is 4.65.